The van der Waals surface area contributed by atoms with Crippen molar-refractivity contribution in [3.63, 3.8) is 0 Å². The van der Waals surface area contributed by atoms with Crippen LogP contribution in [0.4, 0.5) is 13.2 Å². The zero-order valence-corrected chi connectivity index (χ0v) is 9.17. The van der Waals surface area contributed by atoms with Crippen molar-refractivity contribution in [2.24, 2.45) is 7.05 Å². The number of rotatable bonds is 1. The molecule has 1 aliphatic heterocycles. The maximum Gasteiger partial charge on any atom is 0.454 e. The molecule has 0 unspecified atom stereocenters. The van der Waals surface area contributed by atoms with Crippen LogP contribution in [0.15, 0.2) is 18.3 Å². The molecular weight excluding hydrogens is 233 g/mol. The summed E-state index contributed by atoms with van der Waals surface area (Å²) in [6.07, 6.45) is -3.41. The van der Waals surface area contributed by atoms with E-state index in [1.54, 1.807) is 14.0 Å². The molecule has 0 aromatic rings. The number of ketones is 1. The van der Waals surface area contributed by atoms with Gasteiger partial charge in [0.1, 0.15) is 0 Å². The maximum atomic E-state index is 12.4. The van der Waals surface area contributed by atoms with Crippen molar-refractivity contribution in [3.05, 3.63) is 29.6 Å². The fraction of sp³-hybridized carbons (Fsp3) is 0.273. The number of fused-ring (bicyclic) bond motifs is 1. The van der Waals surface area contributed by atoms with E-state index in [1.165, 1.54) is 23.0 Å². The molecule has 0 saturated carbocycles. The Morgan fingerprint density at radius 1 is 1.35 bits per heavy atom. The van der Waals surface area contributed by atoms with Gasteiger partial charge in [0.25, 0.3) is 5.78 Å². The van der Waals surface area contributed by atoms with Crippen LogP contribution < -0.4 is 0 Å². The zero-order valence-electron chi connectivity index (χ0n) is 9.17. The predicted molar refractivity (Wildman–Crippen MR) is 55.0 cm³/mol. The van der Waals surface area contributed by atoms with Crippen LogP contribution in [0.2, 0.25) is 0 Å². The molecule has 90 valence electrons. The molecule has 0 aromatic heterocycles. The Balaban J connectivity index is 2.66. The number of carbonyl (C=O) groups is 1. The number of nitrogens with zero attached hydrogens (tertiary/aromatic N) is 2. The molecule has 3 nitrogen and oxygen atoms in total. The van der Waals surface area contributed by atoms with Gasteiger partial charge in [-0.1, -0.05) is 6.07 Å². The van der Waals surface area contributed by atoms with Crippen molar-refractivity contribution in [1.82, 2.24) is 9.78 Å². The molecule has 0 atom stereocenters. The van der Waals surface area contributed by atoms with Crippen LogP contribution in [0.1, 0.15) is 16.1 Å². The Hall–Kier alpha value is -1.85. The van der Waals surface area contributed by atoms with Gasteiger partial charge in [-0.3, -0.25) is 9.48 Å². The number of carbonyl (C=O) groups excluding carboxylic acids is 1. The van der Waals surface area contributed by atoms with Gasteiger partial charge in [-0.2, -0.15) is 18.3 Å². The molecule has 0 radical (unpaired) electrons. The summed E-state index contributed by atoms with van der Waals surface area (Å²) in [5.41, 5.74) is 1.06. The third kappa shape index (κ3) is 1.79. The number of alkyl halides is 3. The van der Waals surface area contributed by atoms with Crippen LogP contribution in [0, 0.1) is 6.92 Å². The summed E-state index contributed by atoms with van der Waals surface area (Å²) in [4.78, 5) is 11.3. The van der Waals surface area contributed by atoms with Gasteiger partial charge in [0.15, 0.2) is 0 Å². The minimum Gasteiger partial charge on any atom is -0.284 e. The van der Waals surface area contributed by atoms with Gasteiger partial charge in [-0.15, -0.1) is 0 Å². The first-order chi connectivity index (χ1) is 7.82. The lowest BCUT2D eigenvalue weighted by Gasteiger charge is -2.12. The van der Waals surface area contributed by atoms with Gasteiger partial charge in [-0.05, 0) is 13.0 Å². The molecule has 6 heteroatoms. The molecular formula is C11H9F3N2O. The van der Waals surface area contributed by atoms with Crippen molar-refractivity contribution in [1.29, 1.82) is 0 Å². The van der Waals surface area contributed by atoms with E-state index in [4.69, 9.17) is 0 Å². The van der Waals surface area contributed by atoms with Crippen molar-refractivity contribution in [2.75, 3.05) is 0 Å². The van der Waals surface area contributed by atoms with Crippen molar-refractivity contribution < 1.29 is 18.0 Å². The van der Waals surface area contributed by atoms with Gasteiger partial charge >= 0.3 is 6.18 Å². The number of halogens is 3. The Morgan fingerprint density at radius 3 is 2.59 bits per heavy atom. The summed E-state index contributed by atoms with van der Waals surface area (Å²) in [5.74, 6) is -1.82. The second-order valence-electron chi connectivity index (χ2n) is 3.76. The summed E-state index contributed by atoms with van der Waals surface area (Å²) in [6.45, 7) is 1.63. The van der Waals surface area contributed by atoms with Gasteiger partial charge < -0.3 is 0 Å². The summed E-state index contributed by atoms with van der Waals surface area (Å²) >= 11 is 0. The molecule has 2 rings (SSSR count). The van der Waals surface area contributed by atoms with E-state index in [2.05, 4.69) is 5.10 Å². The van der Waals surface area contributed by atoms with Gasteiger partial charge in [-0.25, -0.2) is 0 Å². The van der Waals surface area contributed by atoms with Gasteiger partial charge in [0, 0.05) is 29.4 Å². The Bertz CT molecular complexity index is 557. The van der Waals surface area contributed by atoms with Crippen LogP contribution in [0.3, 0.4) is 0 Å². The van der Waals surface area contributed by atoms with Crippen molar-refractivity contribution in [3.8, 4) is 11.1 Å². The van der Waals surface area contributed by atoms with E-state index in [0.29, 0.717) is 16.8 Å². The Kier molecular flexibility index (Phi) is 2.45. The third-order valence-electron chi connectivity index (χ3n) is 2.71. The number of aryl methyl sites for hydroxylation is 1. The van der Waals surface area contributed by atoms with E-state index in [-0.39, 0.29) is 5.56 Å². The van der Waals surface area contributed by atoms with E-state index >= 15 is 0 Å². The molecule has 0 N–H and O–H groups in total. The molecule has 0 fully saturated rings. The largest absolute Gasteiger partial charge is 0.454 e. The van der Waals surface area contributed by atoms with Crippen LogP contribution in [0.5, 0.6) is 0 Å². The molecule has 0 amide bonds. The first-order valence-corrected chi connectivity index (χ1v) is 4.85. The quantitative estimate of drug-likeness (QED) is 0.720. The molecule has 0 aromatic carbocycles. The second-order valence-corrected chi connectivity index (χ2v) is 3.76. The first-order valence-electron chi connectivity index (χ1n) is 4.85. The van der Waals surface area contributed by atoms with E-state index in [1.807, 2.05) is 0 Å². The van der Waals surface area contributed by atoms with E-state index in [9.17, 15) is 18.0 Å². The minimum absolute atomic E-state index is 0.310. The number of hydrogen-bond donors (Lipinski definition) is 0. The smallest absolute Gasteiger partial charge is 0.284 e. The maximum absolute atomic E-state index is 12.4. The molecule has 0 saturated heterocycles. The van der Waals surface area contributed by atoms with Crippen LogP contribution in [-0.2, 0) is 7.05 Å². The van der Waals surface area contributed by atoms with Crippen LogP contribution >= 0.6 is 0 Å². The number of Topliss-reactive ketones (excluding diaryl/α,β-unsaturated/α-hetero) is 1. The summed E-state index contributed by atoms with van der Waals surface area (Å²) in [5, 5.41) is 3.97. The highest BCUT2D eigenvalue weighted by Gasteiger charge is 2.41. The highest BCUT2D eigenvalue weighted by molar-refractivity contribution is 6.07. The third-order valence-corrected chi connectivity index (χ3v) is 2.71. The van der Waals surface area contributed by atoms with E-state index < -0.39 is 12.0 Å². The second kappa shape index (κ2) is 3.58. The predicted octanol–water partition coefficient (Wildman–Crippen LogP) is 2.58. The first kappa shape index (κ1) is 11.6. The molecule has 17 heavy (non-hydrogen) atoms. The lowest BCUT2D eigenvalue weighted by atomic mass is 10.0. The van der Waals surface area contributed by atoms with Gasteiger partial charge in [0.05, 0.1) is 6.20 Å². The molecule has 0 bridgehead atoms. The molecule has 1 aliphatic carbocycles. The monoisotopic (exact) mass is 242 g/mol. The highest BCUT2D eigenvalue weighted by atomic mass is 19.4. The lowest BCUT2D eigenvalue weighted by Crippen LogP contribution is -2.23. The average Bonchev–Trinajstić information content (AvgIpc) is 2.65. The zero-order chi connectivity index (χ0) is 12.8. The fourth-order valence-corrected chi connectivity index (χ4v) is 1.75. The lowest BCUT2D eigenvalue weighted by molar-refractivity contribution is -0.0884. The molecule has 0 spiro atoms. The molecule has 2 aliphatic rings. The Morgan fingerprint density at radius 2 is 2.00 bits per heavy atom. The summed E-state index contributed by atoms with van der Waals surface area (Å²) < 4.78 is 38.6. The fourth-order valence-electron chi connectivity index (χ4n) is 1.75. The molecule has 1 heterocycles. The van der Waals surface area contributed by atoms with E-state index in [0.717, 1.165) is 0 Å². The van der Waals surface area contributed by atoms with Crippen LogP contribution in [0.25, 0.3) is 11.1 Å². The summed E-state index contributed by atoms with van der Waals surface area (Å²) in [7, 11) is 1.61. The van der Waals surface area contributed by atoms with Crippen molar-refractivity contribution >= 4 is 5.78 Å². The SMILES string of the molecule is Cc1c2c(C(=O)C(F)(F)F)ccc-2cnn1C. The van der Waals surface area contributed by atoms with Gasteiger partial charge in [0.2, 0.25) is 0 Å². The number of aromatic nitrogens is 2. The highest BCUT2D eigenvalue weighted by Crippen LogP contribution is 2.34. The number of hydrogen-bond acceptors (Lipinski definition) is 2. The topological polar surface area (TPSA) is 34.9 Å². The minimum atomic E-state index is -4.85. The normalized spacial score (nSPS) is 12.1. The Labute approximate surface area is 95.2 Å². The summed E-state index contributed by atoms with van der Waals surface area (Å²) in [6, 6.07) is 2.66. The average molecular weight is 242 g/mol. The van der Waals surface area contributed by atoms with Crippen molar-refractivity contribution in [2.45, 2.75) is 13.1 Å². The standard InChI is InChI=1S/C11H9F3N2O/c1-6-9-7(5-15-16(6)2)3-4-8(9)10(17)11(12,13)14/h3-5H,1-2H3. The van der Waals surface area contributed by atoms with Crippen LogP contribution in [-0.4, -0.2) is 21.7 Å².